The second kappa shape index (κ2) is 4.63. The van der Waals surface area contributed by atoms with Crippen LogP contribution in [0, 0.1) is 0 Å². The molecule has 0 aliphatic carbocycles. The Kier molecular flexibility index (Phi) is 3.75. The molecule has 1 aromatic rings. The van der Waals surface area contributed by atoms with Gasteiger partial charge in [0.2, 0.25) is 0 Å². The van der Waals surface area contributed by atoms with Crippen LogP contribution in [0.2, 0.25) is 0 Å². The van der Waals surface area contributed by atoms with Gasteiger partial charge in [-0.1, -0.05) is 15.9 Å². The molecule has 0 saturated carbocycles. The Labute approximate surface area is 86.3 Å². The molecule has 1 aromatic carbocycles. The second-order valence-corrected chi connectivity index (χ2v) is 4.02. The molecule has 0 radical (unpaired) electrons. The lowest BCUT2D eigenvalue weighted by Crippen LogP contribution is -2.01. The Hall–Kier alpha value is -0.540. The molecular weight excluding hydrogens is 232 g/mol. The van der Waals surface area contributed by atoms with Crippen LogP contribution >= 0.6 is 15.9 Å². The number of aliphatic hydroxyl groups excluding tert-OH is 1. The van der Waals surface area contributed by atoms with Crippen molar-refractivity contribution in [3.63, 3.8) is 0 Å². The number of phenolic OH excluding ortho intramolecular Hbond substituents is 1. The van der Waals surface area contributed by atoms with E-state index in [1.807, 2.05) is 6.07 Å². The van der Waals surface area contributed by atoms with Crippen LogP contribution in [0.25, 0.3) is 0 Å². The van der Waals surface area contributed by atoms with Gasteiger partial charge in [0, 0.05) is 4.47 Å². The van der Waals surface area contributed by atoms with Crippen molar-refractivity contribution in [1.29, 1.82) is 0 Å². The second-order valence-electron chi connectivity index (χ2n) is 3.16. The van der Waals surface area contributed by atoms with E-state index in [4.69, 9.17) is 5.11 Å². The smallest absolute Gasteiger partial charge is 0.115 e. The first kappa shape index (κ1) is 10.5. The van der Waals surface area contributed by atoms with E-state index in [1.54, 1.807) is 19.1 Å². The Balaban J connectivity index is 2.70. The summed E-state index contributed by atoms with van der Waals surface area (Å²) in [5, 5.41) is 18.3. The van der Waals surface area contributed by atoms with Crippen LogP contribution in [-0.2, 0) is 6.42 Å². The van der Waals surface area contributed by atoms with E-state index in [0.29, 0.717) is 6.42 Å². The molecule has 13 heavy (non-hydrogen) atoms. The van der Waals surface area contributed by atoms with Gasteiger partial charge in [-0.25, -0.2) is 0 Å². The maximum Gasteiger partial charge on any atom is 0.115 e. The average molecular weight is 245 g/mol. The molecule has 0 aliphatic heterocycles. The molecule has 0 saturated heterocycles. The minimum atomic E-state index is -0.297. The summed E-state index contributed by atoms with van der Waals surface area (Å²) in [6.45, 7) is 1.76. The zero-order chi connectivity index (χ0) is 9.84. The highest BCUT2D eigenvalue weighted by Crippen LogP contribution is 2.23. The van der Waals surface area contributed by atoms with Gasteiger partial charge in [-0.3, -0.25) is 0 Å². The molecule has 3 heteroatoms. The SMILES string of the molecule is CC(O)CCc1cc(O)ccc1Br. The van der Waals surface area contributed by atoms with Crippen molar-refractivity contribution in [2.24, 2.45) is 0 Å². The van der Waals surface area contributed by atoms with Crippen LogP contribution in [0.15, 0.2) is 22.7 Å². The predicted octanol–water partition coefficient (Wildman–Crippen LogP) is 2.47. The maximum absolute atomic E-state index is 9.22. The van der Waals surface area contributed by atoms with Gasteiger partial charge >= 0.3 is 0 Å². The lowest BCUT2D eigenvalue weighted by atomic mass is 10.1. The normalized spacial score (nSPS) is 12.8. The molecule has 0 bridgehead atoms. The highest BCUT2D eigenvalue weighted by Gasteiger charge is 2.03. The number of halogens is 1. The van der Waals surface area contributed by atoms with Gasteiger partial charge < -0.3 is 10.2 Å². The minimum Gasteiger partial charge on any atom is -0.508 e. The van der Waals surface area contributed by atoms with E-state index in [-0.39, 0.29) is 11.9 Å². The van der Waals surface area contributed by atoms with Gasteiger partial charge in [-0.2, -0.15) is 0 Å². The van der Waals surface area contributed by atoms with Gasteiger partial charge in [0.1, 0.15) is 5.75 Å². The van der Waals surface area contributed by atoms with Crippen LogP contribution in [0.5, 0.6) is 5.75 Å². The number of aryl methyl sites for hydroxylation is 1. The molecule has 0 aliphatic rings. The molecule has 1 atom stereocenters. The number of aromatic hydroxyl groups is 1. The summed E-state index contributed by atoms with van der Waals surface area (Å²) in [5.74, 6) is 0.267. The molecule has 2 N–H and O–H groups in total. The van der Waals surface area contributed by atoms with Crippen molar-refractivity contribution in [3.8, 4) is 5.75 Å². The van der Waals surface area contributed by atoms with E-state index < -0.39 is 0 Å². The number of benzene rings is 1. The van der Waals surface area contributed by atoms with E-state index in [0.717, 1.165) is 16.5 Å². The first-order valence-electron chi connectivity index (χ1n) is 4.25. The monoisotopic (exact) mass is 244 g/mol. The number of hydrogen-bond acceptors (Lipinski definition) is 2. The summed E-state index contributed by atoms with van der Waals surface area (Å²) in [4.78, 5) is 0. The van der Waals surface area contributed by atoms with Gasteiger partial charge in [-0.15, -0.1) is 0 Å². The van der Waals surface area contributed by atoms with Crippen LogP contribution in [0.3, 0.4) is 0 Å². The quantitative estimate of drug-likeness (QED) is 0.858. The first-order chi connectivity index (χ1) is 6.09. The van der Waals surface area contributed by atoms with E-state index >= 15 is 0 Å². The molecule has 0 heterocycles. The third-order valence-corrected chi connectivity index (χ3v) is 2.63. The number of aliphatic hydroxyl groups is 1. The molecule has 1 rings (SSSR count). The Morgan fingerprint density at radius 3 is 2.77 bits per heavy atom. The number of rotatable bonds is 3. The molecule has 2 nitrogen and oxygen atoms in total. The molecule has 0 spiro atoms. The Bertz CT molecular complexity index is 284. The van der Waals surface area contributed by atoms with Gasteiger partial charge in [0.15, 0.2) is 0 Å². The van der Waals surface area contributed by atoms with E-state index in [1.165, 1.54) is 0 Å². The number of hydrogen-bond donors (Lipinski definition) is 2. The fourth-order valence-corrected chi connectivity index (χ4v) is 1.56. The molecule has 72 valence electrons. The summed E-state index contributed by atoms with van der Waals surface area (Å²) >= 11 is 3.39. The van der Waals surface area contributed by atoms with Crippen molar-refractivity contribution in [2.45, 2.75) is 25.9 Å². The van der Waals surface area contributed by atoms with Crippen LogP contribution in [-0.4, -0.2) is 16.3 Å². The van der Waals surface area contributed by atoms with Crippen molar-refractivity contribution in [1.82, 2.24) is 0 Å². The molecular formula is C10H13BrO2. The lowest BCUT2D eigenvalue weighted by Gasteiger charge is -2.06. The first-order valence-corrected chi connectivity index (χ1v) is 5.04. The van der Waals surface area contributed by atoms with Crippen molar-refractivity contribution >= 4 is 15.9 Å². The van der Waals surface area contributed by atoms with E-state index in [2.05, 4.69) is 15.9 Å². The maximum atomic E-state index is 9.22. The molecule has 0 fully saturated rings. The molecule has 0 aromatic heterocycles. The van der Waals surface area contributed by atoms with E-state index in [9.17, 15) is 5.11 Å². The van der Waals surface area contributed by atoms with Crippen LogP contribution in [0.4, 0.5) is 0 Å². The summed E-state index contributed by atoms with van der Waals surface area (Å²) in [6.07, 6.45) is 1.18. The summed E-state index contributed by atoms with van der Waals surface area (Å²) < 4.78 is 0.978. The fourth-order valence-electron chi connectivity index (χ4n) is 1.12. The summed E-state index contributed by atoms with van der Waals surface area (Å²) in [6, 6.07) is 5.16. The Morgan fingerprint density at radius 2 is 2.15 bits per heavy atom. The minimum absolute atomic E-state index is 0.267. The zero-order valence-electron chi connectivity index (χ0n) is 7.50. The van der Waals surface area contributed by atoms with Crippen molar-refractivity contribution < 1.29 is 10.2 Å². The highest BCUT2D eigenvalue weighted by atomic mass is 79.9. The fraction of sp³-hybridized carbons (Fsp3) is 0.400. The largest absolute Gasteiger partial charge is 0.508 e. The third kappa shape index (κ3) is 3.36. The lowest BCUT2D eigenvalue weighted by molar-refractivity contribution is 0.185. The molecule has 0 amide bonds. The predicted molar refractivity (Wildman–Crippen MR) is 55.8 cm³/mol. The Morgan fingerprint density at radius 1 is 1.46 bits per heavy atom. The summed E-state index contributed by atoms with van der Waals surface area (Å²) in [7, 11) is 0. The summed E-state index contributed by atoms with van der Waals surface area (Å²) in [5.41, 5.74) is 1.03. The molecule has 1 unspecified atom stereocenters. The van der Waals surface area contributed by atoms with Crippen molar-refractivity contribution in [2.75, 3.05) is 0 Å². The van der Waals surface area contributed by atoms with Crippen molar-refractivity contribution in [3.05, 3.63) is 28.2 Å². The third-order valence-electron chi connectivity index (χ3n) is 1.86. The zero-order valence-corrected chi connectivity index (χ0v) is 9.08. The number of phenols is 1. The van der Waals surface area contributed by atoms with Gasteiger partial charge in [0.25, 0.3) is 0 Å². The average Bonchev–Trinajstić information content (AvgIpc) is 2.06. The highest BCUT2D eigenvalue weighted by molar-refractivity contribution is 9.10. The van der Waals surface area contributed by atoms with Crippen LogP contribution < -0.4 is 0 Å². The van der Waals surface area contributed by atoms with Crippen LogP contribution in [0.1, 0.15) is 18.9 Å². The van der Waals surface area contributed by atoms with Gasteiger partial charge in [-0.05, 0) is 43.5 Å². The topological polar surface area (TPSA) is 40.5 Å². The van der Waals surface area contributed by atoms with Gasteiger partial charge in [0.05, 0.1) is 6.10 Å². The standard InChI is InChI=1S/C10H13BrO2/c1-7(12)2-3-8-6-9(13)4-5-10(8)11/h4-7,12-13H,2-3H2,1H3.